The van der Waals surface area contributed by atoms with E-state index in [0.717, 1.165) is 27.9 Å². The van der Waals surface area contributed by atoms with E-state index < -0.39 is 0 Å². The molecule has 176 valence electrons. The van der Waals surface area contributed by atoms with Gasteiger partial charge in [-0.05, 0) is 56.5 Å². The molecule has 0 unspecified atom stereocenters. The third-order valence-electron chi connectivity index (χ3n) is 5.91. The molecule has 9 heteroatoms. The second kappa shape index (κ2) is 8.68. The molecule has 0 saturated heterocycles. The quantitative estimate of drug-likeness (QED) is 0.409. The molecule has 3 aromatic heterocycles. The largest absolute Gasteiger partial charge is 0.310 e. The smallest absolute Gasteiger partial charge is 0.263 e. The van der Waals surface area contributed by atoms with Crippen LogP contribution in [-0.4, -0.2) is 35.4 Å². The maximum absolute atomic E-state index is 12.9. The number of aryl methyl sites for hydroxylation is 4. The topological polar surface area (TPSA) is 110 Å². The van der Waals surface area contributed by atoms with Crippen LogP contribution in [0.4, 0.5) is 5.82 Å². The van der Waals surface area contributed by atoms with E-state index in [1.807, 2.05) is 70.2 Å². The summed E-state index contributed by atoms with van der Waals surface area (Å²) in [4.78, 5) is 33.1. The highest BCUT2D eigenvalue weighted by Gasteiger charge is 2.17. The van der Waals surface area contributed by atoms with Crippen molar-refractivity contribution >= 4 is 22.8 Å². The van der Waals surface area contributed by atoms with Gasteiger partial charge in [0.25, 0.3) is 5.56 Å². The summed E-state index contributed by atoms with van der Waals surface area (Å²) in [6.45, 7) is 7.86. The number of aromatic amines is 1. The number of anilines is 1. The van der Waals surface area contributed by atoms with Crippen molar-refractivity contribution in [2.45, 2.75) is 34.1 Å². The van der Waals surface area contributed by atoms with Gasteiger partial charge in [0.1, 0.15) is 11.2 Å². The Morgan fingerprint density at radius 2 is 1.83 bits per heavy atom. The fourth-order valence-corrected chi connectivity index (χ4v) is 4.00. The average Bonchev–Trinajstić information content (AvgIpc) is 3.39. The lowest BCUT2D eigenvalue weighted by atomic mass is 10.1. The van der Waals surface area contributed by atoms with Crippen LogP contribution in [0.3, 0.4) is 0 Å². The van der Waals surface area contributed by atoms with Crippen molar-refractivity contribution in [1.82, 2.24) is 29.5 Å². The summed E-state index contributed by atoms with van der Waals surface area (Å²) in [5.41, 5.74) is 5.80. The lowest BCUT2D eigenvalue weighted by Crippen LogP contribution is -2.20. The molecule has 0 saturated carbocycles. The number of fused-ring (bicyclic) bond motifs is 1. The zero-order valence-corrected chi connectivity index (χ0v) is 20.0. The highest BCUT2D eigenvalue weighted by atomic mass is 16.1. The number of benzene rings is 2. The Labute approximate surface area is 201 Å². The van der Waals surface area contributed by atoms with Crippen LogP contribution >= 0.6 is 0 Å². The minimum absolute atomic E-state index is 0.187. The predicted molar refractivity (Wildman–Crippen MR) is 134 cm³/mol. The second-order valence-corrected chi connectivity index (χ2v) is 8.75. The fraction of sp³-hybridized carbons (Fsp3) is 0.192. The monoisotopic (exact) mass is 467 g/mol. The van der Waals surface area contributed by atoms with Gasteiger partial charge in [0.2, 0.25) is 11.9 Å². The molecule has 2 aromatic carbocycles. The van der Waals surface area contributed by atoms with E-state index in [1.54, 1.807) is 10.7 Å². The van der Waals surface area contributed by atoms with Gasteiger partial charge in [-0.3, -0.25) is 14.6 Å². The number of amides is 1. The number of rotatable bonds is 5. The maximum atomic E-state index is 12.9. The first-order chi connectivity index (χ1) is 16.8. The Kier molecular flexibility index (Phi) is 5.52. The molecule has 0 atom stereocenters. The second-order valence-electron chi connectivity index (χ2n) is 8.75. The predicted octanol–water partition coefficient (Wildman–Crippen LogP) is 3.71. The van der Waals surface area contributed by atoms with Crippen molar-refractivity contribution in [3.05, 3.63) is 93.0 Å². The van der Waals surface area contributed by atoms with Crippen molar-refractivity contribution in [3.8, 4) is 11.6 Å². The Morgan fingerprint density at radius 1 is 1.00 bits per heavy atom. The number of carbonyl (C=O) groups is 1. The highest BCUT2D eigenvalue weighted by Crippen LogP contribution is 2.20. The van der Waals surface area contributed by atoms with Gasteiger partial charge < -0.3 is 5.32 Å². The van der Waals surface area contributed by atoms with Gasteiger partial charge in [-0.15, -0.1) is 0 Å². The lowest BCUT2D eigenvalue weighted by Gasteiger charge is -2.10. The summed E-state index contributed by atoms with van der Waals surface area (Å²) in [5, 5.41) is 12.1. The average molecular weight is 468 g/mol. The van der Waals surface area contributed by atoms with E-state index in [9.17, 15) is 9.59 Å². The molecule has 0 radical (unpaired) electrons. The first-order valence-corrected chi connectivity index (χ1v) is 11.3. The molecule has 0 aliphatic heterocycles. The van der Waals surface area contributed by atoms with Crippen LogP contribution in [-0.2, 0) is 11.2 Å². The molecule has 0 aliphatic carbocycles. The standard InChI is InChI=1S/C26H25N7O2/c1-15-6-5-7-19(10-15)13-23(34)28-22-12-18(4)31-33(22)26-29-24-21(25(35)30-26)14-27-32(24)20-9-8-16(2)17(3)11-20/h5-12,14H,13H2,1-4H3,(H,28,34)(H,29,30,35). The van der Waals surface area contributed by atoms with Crippen LogP contribution in [0.5, 0.6) is 0 Å². The fourth-order valence-electron chi connectivity index (χ4n) is 4.00. The SMILES string of the molecule is Cc1cccc(CC(=O)Nc2cc(C)nn2-c2nc3c(cnn3-c3ccc(C)c(C)c3)c(=O)[nH]2)c1. The van der Waals surface area contributed by atoms with Crippen molar-refractivity contribution in [2.24, 2.45) is 0 Å². The van der Waals surface area contributed by atoms with E-state index in [4.69, 9.17) is 0 Å². The Balaban J connectivity index is 1.53. The van der Waals surface area contributed by atoms with Crippen LogP contribution in [0.2, 0.25) is 0 Å². The third kappa shape index (κ3) is 4.35. The third-order valence-corrected chi connectivity index (χ3v) is 5.91. The number of nitrogens with one attached hydrogen (secondary N) is 2. The van der Waals surface area contributed by atoms with Gasteiger partial charge in [-0.1, -0.05) is 35.9 Å². The summed E-state index contributed by atoms with van der Waals surface area (Å²) in [6, 6.07) is 15.5. The van der Waals surface area contributed by atoms with Gasteiger partial charge >= 0.3 is 0 Å². The van der Waals surface area contributed by atoms with Gasteiger partial charge in [0.05, 0.1) is 24.0 Å². The number of aromatic nitrogens is 6. The maximum Gasteiger partial charge on any atom is 0.263 e. The molecule has 2 N–H and O–H groups in total. The van der Waals surface area contributed by atoms with E-state index in [1.165, 1.54) is 10.9 Å². The summed E-state index contributed by atoms with van der Waals surface area (Å²) >= 11 is 0. The van der Waals surface area contributed by atoms with E-state index in [-0.39, 0.29) is 23.8 Å². The Morgan fingerprint density at radius 3 is 2.60 bits per heavy atom. The summed E-state index contributed by atoms with van der Waals surface area (Å²) in [5.74, 6) is 0.410. The lowest BCUT2D eigenvalue weighted by molar-refractivity contribution is -0.115. The van der Waals surface area contributed by atoms with E-state index in [2.05, 4.69) is 25.5 Å². The summed E-state index contributed by atoms with van der Waals surface area (Å²) < 4.78 is 3.06. The molecular formula is C26H25N7O2. The van der Waals surface area contributed by atoms with Gasteiger partial charge in [0.15, 0.2) is 5.65 Å². The summed E-state index contributed by atoms with van der Waals surface area (Å²) in [7, 11) is 0. The van der Waals surface area contributed by atoms with Crippen molar-refractivity contribution < 1.29 is 4.79 Å². The van der Waals surface area contributed by atoms with Crippen LogP contribution < -0.4 is 10.9 Å². The molecular weight excluding hydrogens is 442 g/mol. The van der Waals surface area contributed by atoms with Crippen molar-refractivity contribution in [2.75, 3.05) is 5.32 Å². The highest BCUT2D eigenvalue weighted by molar-refractivity contribution is 5.91. The Hall–Kier alpha value is -4.53. The van der Waals surface area contributed by atoms with Crippen molar-refractivity contribution in [3.63, 3.8) is 0 Å². The molecule has 5 aromatic rings. The van der Waals surface area contributed by atoms with Crippen LogP contribution in [0.15, 0.2) is 59.5 Å². The molecule has 0 aliphatic rings. The Bertz CT molecular complexity index is 1640. The molecule has 35 heavy (non-hydrogen) atoms. The van der Waals surface area contributed by atoms with E-state index in [0.29, 0.717) is 22.5 Å². The molecule has 5 rings (SSSR count). The van der Waals surface area contributed by atoms with Crippen LogP contribution in [0, 0.1) is 27.7 Å². The van der Waals surface area contributed by atoms with Crippen molar-refractivity contribution in [1.29, 1.82) is 0 Å². The van der Waals surface area contributed by atoms with Crippen LogP contribution in [0.25, 0.3) is 22.7 Å². The normalized spacial score (nSPS) is 11.2. The first kappa shape index (κ1) is 22.3. The van der Waals surface area contributed by atoms with Gasteiger partial charge in [-0.25, -0.2) is 4.68 Å². The van der Waals surface area contributed by atoms with Gasteiger partial charge in [-0.2, -0.15) is 19.9 Å². The van der Waals surface area contributed by atoms with Crippen LogP contribution in [0.1, 0.15) is 27.9 Å². The summed E-state index contributed by atoms with van der Waals surface area (Å²) in [6.07, 6.45) is 1.72. The number of carbonyl (C=O) groups excluding carboxylic acids is 1. The van der Waals surface area contributed by atoms with Gasteiger partial charge in [0, 0.05) is 6.07 Å². The molecule has 3 heterocycles. The number of hydrogen-bond acceptors (Lipinski definition) is 5. The zero-order chi connectivity index (χ0) is 24.7. The molecule has 0 spiro atoms. The number of hydrogen-bond donors (Lipinski definition) is 2. The minimum atomic E-state index is -0.342. The number of nitrogens with zero attached hydrogens (tertiary/aromatic N) is 5. The molecule has 0 fully saturated rings. The minimum Gasteiger partial charge on any atom is -0.310 e. The zero-order valence-electron chi connectivity index (χ0n) is 20.0. The number of H-pyrrole nitrogens is 1. The first-order valence-electron chi connectivity index (χ1n) is 11.3. The molecule has 1 amide bonds. The van der Waals surface area contributed by atoms with E-state index >= 15 is 0 Å². The molecule has 9 nitrogen and oxygen atoms in total. The molecule has 0 bridgehead atoms.